The number of aryl methyl sites for hydroxylation is 1. The number of hydrogen-bond donors (Lipinski definition) is 1. The molecule has 0 radical (unpaired) electrons. The van der Waals surface area contributed by atoms with Crippen LogP contribution in [0.4, 0.5) is 5.69 Å². The third-order valence-corrected chi connectivity index (χ3v) is 3.03. The van der Waals surface area contributed by atoms with E-state index >= 15 is 0 Å². The first-order valence-electron chi connectivity index (χ1n) is 5.37. The molecule has 1 heterocycles. The van der Waals surface area contributed by atoms with Crippen molar-refractivity contribution < 1.29 is 0 Å². The van der Waals surface area contributed by atoms with Crippen LogP contribution in [0.25, 0.3) is 0 Å². The number of rotatable bonds is 2. The van der Waals surface area contributed by atoms with Crippen molar-refractivity contribution in [1.29, 1.82) is 0 Å². The van der Waals surface area contributed by atoms with E-state index in [0.717, 1.165) is 13.1 Å². The molecule has 1 aromatic rings. The lowest BCUT2D eigenvalue weighted by Crippen LogP contribution is -2.40. The molecule has 2 heteroatoms. The monoisotopic (exact) mass is 190 g/mol. The van der Waals surface area contributed by atoms with Gasteiger partial charge in [0.25, 0.3) is 0 Å². The minimum atomic E-state index is 0.633. The Morgan fingerprint density at radius 1 is 1.43 bits per heavy atom. The molecule has 0 spiro atoms. The Hall–Kier alpha value is -1.02. The summed E-state index contributed by atoms with van der Waals surface area (Å²) in [5, 5.41) is 0. The maximum absolute atomic E-state index is 5.64. The van der Waals surface area contributed by atoms with Crippen molar-refractivity contribution in [2.75, 3.05) is 18.0 Å². The molecule has 0 unspecified atom stereocenters. The molecule has 0 aromatic heterocycles. The highest BCUT2D eigenvalue weighted by atomic mass is 15.2. The Morgan fingerprint density at radius 3 is 3.00 bits per heavy atom. The standard InChI is InChI=1S/C12H18N2/c1-10-6-7-11-4-2-3-5-12(11)14(10)9-8-13/h2-5,10H,6-9,13H2,1H3/t10-/m1/s1. The fourth-order valence-corrected chi connectivity index (χ4v) is 2.24. The number of para-hydroxylation sites is 1. The Morgan fingerprint density at radius 2 is 2.21 bits per heavy atom. The number of benzene rings is 1. The highest BCUT2D eigenvalue weighted by Crippen LogP contribution is 2.29. The van der Waals surface area contributed by atoms with E-state index < -0.39 is 0 Å². The average Bonchev–Trinajstić information content (AvgIpc) is 2.23. The van der Waals surface area contributed by atoms with E-state index in [1.807, 2.05) is 0 Å². The predicted octanol–water partition coefficient (Wildman–Crippen LogP) is 1.79. The van der Waals surface area contributed by atoms with Crippen LogP contribution in [0.5, 0.6) is 0 Å². The maximum Gasteiger partial charge on any atom is 0.0401 e. The fraction of sp³-hybridized carbons (Fsp3) is 0.500. The van der Waals surface area contributed by atoms with Crippen LogP contribution in [-0.4, -0.2) is 19.1 Å². The molecule has 1 aliphatic rings. The number of fused-ring (bicyclic) bond motifs is 1. The SMILES string of the molecule is C[C@@H]1CCc2ccccc2N1CCN. The molecule has 0 amide bonds. The number of hydrogen-bond acceptors (Lipinski definition) is 2. The lowest BCUT2D eigenvalue weighted by molar-refractivity contribution is 0.565. The molecular formula is C12H18N2. The quantitative estimate of drug-likeness (QED) is 0.770. The molecule has 0 bridgehead atoms. The molecule has 76 valence electrons. The van der Waals surface area contributed by atoms with Crippen molar-refractivity contribution in [3.63, 3.8) is 0 Å². The lowest BCUT2D eigenvalue weighted by Gasteiger charge is -2.36. The number of nitrogens with two attached hydrogens (primary N) is 1. The number of nitrogens with zero attached hydrogens (tertiary/aromatic N) is 1. The van der Waals surface area contributed by atoms with E-state index in [1.165, 1.54) is 24.1 Å². The van der Waals surface area contributed by atoms with Gasteiger partial charge in [0.2, 0.25) is 0 Å². The van der Waals surface area contributed by atoms with Crippen LogP contribution >= 0.6 is 0 Å². The molecule has 1 atom stereocenters. The molecule has 2 N–H and O–H groups in total. The van der Waals surface area contributed by atoms with Gasteiger partial charge in [-0.3, -0.25) is 0 Å². The second kappa shape index (κ2) is 4.01. The van der Waals surface area contributed by atoms with Gasteiger partial charge in [-0.25, -0.2) is 0 Å². The predicted molar refractivity (Wildman–Crippen MR) is 60.6 cm³/mol. The van der Waals surface area contributed by atoms with Crippen molar-refractivity contribution in [3.05, 3.63) is 29.8 Å². The second-order valence-electron chi connectivity index (χ2n) is 4.00. The summed E-state index contributed by atoms with van der Waals surface area (Å²) in [6, 6.07) is 9.30. The summed E-state index contributed by atoms with van der Waals surface area (Å²) in [6.45, 7) is 3.99. The van der Waals surface area contributed by atoms with Crippen molar-refractivity contribution in [2.24, 2.45) is 5.73 Å². The van der Waals surface area contributed by atoms with Gasteiger partial charge in [0.05, 0.1) is 0 Å². The van der Waals surface area contributed by atoms with Crippen LogP contribution in [0.15, 0.2) is 24.3 Å². The zero-order chi connectivity index (χ0) is 9.97. The van der Waals surface area contributed by atoms with Gasteiger partial charge in [0.1, 0.15) is 0 Å². The van der Waals surface area contributed by atoms with E-state index in [2.05, 4.69) is 36.1 Å². The zero-order valence-electron chi connectivity index (χ0n) is 8.74. The Kier molecular flexibility index (Phi) is 2.73. The van der Waals surface area contributed by atoms with Gasteiger partial charge >= 0.3 is 0 Å². The highest BCUT2D eigenvalue weighted by molar-refractivity contribution is 5.56. The van der Waals surface area contributed by atoms with Gasteiger partial charge in [-0.2, -0.15) is 0 Å². The van der Waals surface area contributed by atoms with Crippen LogP contribution in [0, 0.1) is 0 Å². The Balaban J connectivity index is 2.31. The third-order valence-electron chi connectivity index (χ3n) is 3.03. The molecule has 2 rings (SSSR count). The van der Waals surface area contributed by atoms with Crippen LogP contribution in [0.1, 0.15) is 18.9 Å². The van der Waals surface area contributed by atoms with E-state index in [-0.39, 0.29) is 0 Å². The molecule has 2 nitrogen and oxygen atoms in total. The smallest absolute Gasteiger partial charge is 0.0401 e. The molecule has 1 aliphatic heterocycles. The second-order valence-corrected chi connectivity index (χ2v) is 4.00. The lowest BCUT2D eigenvalue weighted by atomic mass is 9.97. The fourth-order valence-electron chi connectivity index (χ4n) is 2.24. The molecule has 0 aliphatic carbocycles. The molecular weight excluding hydrogens is 172 g/mol. The summed E-state index contributed by atoms with van der Waals surface area (Å²) in [5.41, 5.74) is 8.49. The molecule has 0 saturated heterocycles. The topological polar surface area (TPSA) is 29.3 Å². The van der Waals surface area contributed by atoms with Crippen molar-refractivity contribution >= 4 is 5.69 Å². The van der Waals surface area contributed by atoms with Gasteiger partial charge in [0.15, 0.2) is 0 Å². The van der Waals surface area contributed by atoms with Crippen molar-refractivity contribution in [1.82, 2.24) is 0 Å². The molecule has 14 heavy (non-hydrogen) atoms. The van der Waals surface area contributed by atoms with Gasteiger partial charge in [-0.05, 0) is 31.4 Å². The summed E-state index contributed by atoms with van der Waals surface area (Å²) >= 11 is 0. The van der Waals surface area contributed by atoms with Crippen LogP contribution < -0.4 is 10.6 Å². The molecule has 0 fully saturated rings. The first-order chi connectivity index (χ1) is 6.83. The normalized spacial score (nSPS) is 20.7. The van der Waals surface area contributed by atoms with Crippen LogP contribution in [0.2, 0.25) is 0 Å². The Bertz CT molecular complexity index is 309. The molecule has 0 saturated carbocycles. The summed E-state index contributed by atoms with van der Waals surface area (Å²) in [7, 11) is 0. The first-order valence-corrected chi connectivity index (χ1v) is 5.37. The van der Waals surface area contributed by atoms with E-state index in [0.29, 0.717) is 6.04 Å². The maximum atomic E-state index is 5.64. The summed E-state index contributed by atoms with van der Waals surface area (Å²) in [4.78, 5) is 2.43. The van der Waals surface area contributed by atoms with Gasteiger partial charge < -0.3 is 10.6 Å². The van der Waals surface area contributed by atoms with Gasteiger partial charge in [-0.1, -0.05) is 18.2 Å². The zero-order valence-corrected chi connectivity index (χ0v) is 8.74. The average molecular weight is 190 g/mol. The van der Waals surface area contributed by atoms with E-state index in [4.69, 9.17) is 5.73 Å². The minimum Gasteiger partial charge on any atom is -0.367 e. The van der Waals surface area contributed by atoms with Gasteiger partial charge in [-0.15, -0.1) is 0 Å². The summed E-state index contributed by atoms with van der Waals surface area (Å²) in [5.74, 6) is 0. The van der Waals surface area contributed by atoms with Gasteiger partial charge in [0, 0.05) is 24.8 Å². The van der Waals surface area contributed by atoms with E-state index in [1.54, 1.807) is 0 Å². The molecule has 1 aromatic carbocycles. The third kappa shape index (κ3) is 1.62. The van der Waals surface area contributed by atoms with Crippen LogP contribution in [0.3, 0.4) is 0 Å². The minimum absolute atomic E-state index is 0.633. The Labute approximate surface area is 85.7 Å². The highest BCUT2D eigenvalue weighted by Gasteiger charge is 2.21. The number of anilines is 1. The summed E-state index contributed by atoms with van der Waals surface area (Å²) in [6.07, 6.45) is 2.45. The van der Waals surface area contributed by atoms with E-state index in [9.17, 15) is 0 Å². The van der Waals surface area contributed by atoms with Crippen LogP contribution in [-0.2, 0) is 6.42 Å². The summed E-state index contributed by atoms with van der Waals surface area (Å²) < 4.78 is 0. The first kappa shape index (κ1) is 9.53. The largest absolute Gasteiger partial charge is 0.367 e. The van der Waals surface area contributed by atoms with Crippen molar-refractivity contribution in [2.45, 2.75) is 25.8 Å². The van der Waals surface area contributed by atoms with Crippen molar-refractivity contribution in [3.8, 4) is 0 Å².